The monoisotopic (exact) mass is 327 g/mol. The van der Waals surface area contributed by atoms with Gasteiger partial charge >= 0.3 is 0 Å². The molecule has 2 aliphatic carbocycles. The smallest absolute Gasteiger partial charge is 0.228 e. The molecule has 2 saturated carbocycles. The van der Waals surface area contributed by atoms with E-state index in [0.29, 0.717) is 17.8 Å². The molecule has 0 heterocycles. The predicted octanol–water partition coefficient (Wildman–Crippen LogP) is 3.28. The van der Waals surface area contributed by atoms with Gasteiger partial charge in [0.05, 0.1) is 0 Å². The summed E-state index contributed by atoms with van der Waals surface area (Å²) in [7, 11) is 0. The summed E-state index contributed by atoms with van der Waals surface area (Å²) in [6, 6.07) is 7.97. The average Bonchev–Trinajstić information content (AvgIpc) is 2.73. The maximum absolute atomic E-state index is 12.0. The first-order chi connectivity index (χ1) is 7.75. The van der Waals surface area contributed by atoms with Crippen molar-refractivity contribution in [3.63, 3.8) is 0 Å². The van der Waals surface area contributed by atoms with E-state index in [-0.39, 0.29) is 5.91 Å². The van der Waals surface area contributed by atoms with E-state index >= 15 is 0 Å². The number of anilines is 1. The van der Waals surface area contributed by atoms with Crippen molar-refractivity contribution in [3.8, 4) is 0 Å². The summed E-state index contributed by atoms with van der Waals surface area (Å²) < 4.78 is 1.16. The first kappa shape index (κ1) is 10.6. The van der Waals surface area contributed by atoms with Gasteiger partial charge < -0.3 is 5.32 Å². The Bertz CT molecular complexity index is 422. The topological polar surface area (TPSA) is 29.1 Å². The van der Waals surface area contributed by atoms with Crippen LogP contribution in [0.5, 0.6) is 0 Å². The van der Waals surface area contributed by atoms with Crippen molar-refractivity contribution in [2.75, 3.05) is 5.32 Å². The van der Waals surface area contributed by atoms with E-state index in [1.54, 1.807) is 0 Å². The Morgan fingerprint density at radius 2 is 2.06 bits per heavy atom. The molecular formula is C13H14INO. The molecule has 0 spiro atoms. The van der Waals surface area contributed by atoms with Crippen LogP contribution in [0.2, 0.25) is 0 Å². The van der Waals surface area contributed by atoms with Crippen molar-refractivity contribution in [3.05, 3.63) is 27.8 Å². The lowest BCUT2D eigenvalue weighted by molar-refractivity contribution is -0.118. The molecule has 3 heteroatoms. The van der Waals surface area contributed by atoms with Crippen molar-refractivity contribution in [1.82, 2.24) is 0 Å². The summed E-state index contributed by atoms with van der Waals surface area (Å²) in [5.41, 5.74) is 0.932. The Morgan fingerprint density at radius 3 is 2.75 bits per heavy atom. The van der Waals surface area contributed by atoms with Crippen LogP contribution in [-0.2, 0) is 4.79 Å². The molecule has 16 heavy (non-hydrogen) atoms. The van der Waals surface area contributed by atoms with Crippen LogP contribution < -0.4 is 5.32 Å². The van der Waals surface area contributed by atoms with E-state index in [4.69, 9.17) is 0 Å². The standard InChI is InChI=1S/C13H14INO/c14-8-3-1-4-9(7-8)15-13(16)12-10-5-2-6-11(10)12/h1,3-4,7,10-12H,2,5-6H2,(H,15,16). The summed E-state index contributed by atoms with van der Waals surface area (Å²) in [5.74, 6) is 1.94. The second kappa shape index (κ2) is 4.02. The lowest BCUT2D eigenvalue weighted by Crippen LogP contribution is -2.16. The van der Waals surface area contributed by atoms with Crippen LogP contribution in [0.15, 0.2) is 24.3 Å². The Labute approximate surface area is 109 Å². The minimum Gasteiger partial charge on any atom is -0.326 e. The maximum Gasteiger partial charge on any atom is 0.228 e. The van der Waals surface area contributed by atoms with Crippen molar-refractivity contribution in [1.29, 1.82) is 0 Å². The minimum atomic E-state index is 0.233. The fraction of sp³-hybridized carbons (Fsp3) is 0.462. The number of halogens is 1. The van der Waals surface area contributed by atoms with Gasteiger partial charge in [-0.05, 0) is 65.5 Å². The second-order valence-corrected chi connectivity index (χ2v) is 6.03. The molecule has 0 saturated heterocycles. The molecule has 2 atom stereocenters. The van der Waals surface area contributed by atoms with E-state index in [1.165, 1.54) is 19.3 Å². The molecular weight excluding hydrogens is 313 g/mol. The summed E-state index contributed by atoms with van der Waals surface area (Å²) in [6.45, 7) is 0. The zero-order chi connectivity index (χ0) is 11.1. The highest BCUT2D eigenvalue weighted by Crippen LogP contribution is 2.57. The predicted molar refractivity (Wildman–Crippen MR) is 72.1 cm³/mol. The number of carbonyl (C=O) groups is 1. The highest BCUT2D eigenvalue weighted by Gasteiger charge is 2.56. The molecule has 0 bridgehead atoms. The number of carbonyl (C=O) groups excluding carboxylic acids is 1. The highest BCUT2D eigenvalue weighted by molar-refractivity contribution is 14.1. The van der Waals surface area contributed by atoms with Gasteiger partial charge in [-0.2, -0.15) is 0 Å². The molecule has 0 aromatic heterocycles. The molecule has 2 unspecified atom stereocenters. The van der Waals surface area contributed by atoms with Gasteiger partial charge in [0.15, 0.2) is 0 Å². The molecule has 0 radical (unpaired) electrons. The third kappa shape index (κ3) is 1.85. The molecule has 84 valence electrons. The lowest BCUT2D eigenvalue weighted by atomic mass is 10.1. The third-order valence-electron chi connectivity index (χ3n) is 3.80. The zero-order valence-corrected chi connectivity index (χ0v) is 11.1. The lowest BCUT2D eigenvalue weighted by Gasteiger charge is -2.06. The summed E-state index contributed by atoms with van der Waals surface area (Å²) in [5, 5.41) is 3.03. The second-order valence-electron chi connectivity index (χ2n) is 4.78. The zero-order valence-electron chi connectivity index (χ0n) is 8.95. The summed E-state index contributed by atoms with van der Waals surface area (Å²) >= 11 is 2.26. The number of nitrogens with one attached hydrogen (secondary N) is 1. The van der Waals surface area contributed by atoms with Gasteiger partial charge in [0, 0.05) is 15.2 Å². The normalized spacial score (nSPS) is 30.9. The molecule has 1 aromatic rings. The number of benzene rings is 1. The molecule has 1 aromatic carbocycles. The third-order valence-corrected chi connectivity index (χ3v) is 4.47. The van der Waals surface area contributed by atoms with Gasteiger partial charge in [0.2, 0.25) is 5.91 Å². The van der Waals surface area contributed by atoms with Crippen LogP contribution in [0.1, 0.15) is 19.3 Å². The van der Waals surface area contributed by atoms with Crippen LogP contribution >= 0.6 is 22.6 Å². The molecule has 2 nitrogen and oxygen atoms in total. The van der Waals surface area contributed by atoms with Gasteiger partial charge in [-0.15, -0.1) is 0 Å². The molecule has 0 aliphatic heterocycles. The number of amides is 1. The fourth-order valence-corrected chi connectivity index (χ4v) is 3.55. The van der Waals surface area contributed by atoms with Crippen molar-refractivity contribution >= 4 is 34.2 Å². The fourth-order valence-electron chi connectivity index (χ4n) is 3.00. The van der Waals surface area contributed by atoms with Crippen molar-refractivity contribution < 1.29 is 4.79 Å². The van der Waals surface area contributed by atoms with E-state index in [9.17, 15) is 4.79 Å². The molecule has 3 rings (SSSR count). The Balaban J connectivity index is 1.65. The van der Waals surface area contributed by atoms with Gasteiger partial charge in [0.25, 0.3) is 0 Å². The summed E-state index contributed by atoms with van der Waals surface area (Å²) in [4.78, 5) is 12.0. The first-order valence-corrected chi connectivity index (χ1v) is 6.90. The quantitative estimate of drug-likeness (QED) is 0.830. The summed E-state index contributed by atoms with van der Waals surface area (Å²) in [6.07, 6.45) is 3.84. The SMILES string of the molecule is O=C(Nc1cccc(I)c1)C1C2CCCC21. The molecule has 1 amide bonds. The maximum atomic E-state index is 12.0. The Morgan fingerprint density at radius 1 is 1.31 bits per heavy atom. The molecule has 2 aliphatic rings. The Hall–Kier alpha value is -0.580. The average molecular weight is 327 g/mol. The van der Waals surface area contributed by atoms with Gasteiger partial charge in [-0.1, -0.05) is 12.5 Å². The first-order valence-electron chi connectivity index (χ1n) is 5.82. The number of hydrogen-bond acceptors (Lipinski definition) is 1. The van der Waals surface area contributed by atoms with Gasteiger partial charge in [-0.3, -0.25) is 4.79 Å². The van der Waals surface area contributed by atoms with E-state index in [0.717, 1.165) is 9.26 Å². The van der Waals surface area contributed by atoms with Crippen LogP contribution in [0.3, 0.4) is 0 Å². The van der Waals surface area contributed by atoms with Crippen LogP contribution in [0.25, 0.3) is 0 Å². The van der Waals surface area contributed by atoms with Crippen LogP contribution in [0.4, 0.5) is 5.69 Å². The Kier molecular flexibility index (Phi) is 2.65. The van der Waals surface area contributed by atoms with Crippen LogP contribution in [0, 0.1) is 21.3 Å². The van der Waals surface area contributed by atoms with Crippen molar-refractivity contribution in [2.45, 2.75) is 19.3 Å². The van der Waals surface area contributed by atoms with E-state index in [2.05, 4.69) is 27.9 Å². The number of hydrogen-bond donors (Lipinski definition) is 1. The molecule has 1 N–H and O–H groups in total. The minimum absolute atomic E-state index is 0.233. The number of rotatable bonds is 2. The largest absolute Gasteiger partial charge is 0.326 e. The molecule has 2 fully saturated rings. The van der Waals surface area contributed by atoms with E-state index < -0.39 is 0 Å². The highest BCUT2D eigenvalue weighted by atomic mass is 127. The van der Waals surface area contributed by atoms with Crippen LogP contribution in [-0.4, -0.2) is 5.91 Å². The van der Waals surface area contributed by atoms with E-state index in [1.807, 2.05) is 24.3 Å². The number of fused-ring (bicyclic) bond motifs is 1. The van der Waals surface area contributed by atoms with Gasteiger partial charge in [0.1, 0.15) is 0 Å². The van der Waals surface area contributed by atoms with Crippen molar-refractivity contribution in [2.24, 2.45) is 17.8 Å². The van der Waals surface area contributed by atoms with Gasteiger partial charge in [-0.25, -0.2) is 0 Å².